The molecule has 1 atom stereocenters. The second-order valence-electron chi connectivity index (χ2n) is 9.09. The van der Waals surface area contributed by atoms with E-state index in [9.17, 15) is 14.0 Å². The Labute approximate surface area is 177 Å². The summed E-state index contributed by atoms with van der Waals surface area (Å²) in [7, 11) is 2.05. The molecule has 2 amide bonds. The minimum atomic E-state index is -0.811. The zero-order valence-electron chi connectivity index (χ0n) is 18.0. The Balaban J connectivity index is 1.64. The van der Waals surface area contributed by atoms with Gasteiger partial charge in [-0.15, -0.1) is 0 Å². The summed E-state index contributed by atoms with van der Waals surface area (Å²) in [5.41, 5.74) is -0.802. The van der Waals surface area contributed by atoms with Gasteiger partial charge in [0.25, 0.3) is 5.91 Å². The van der Waals surface area contributed by atoms with E-state index in [1.807, 2.05) is 4.90 Å². The molecule has 1 saturated carbocycles. The number of rotatable bonds is 2. The van der Waals surface area contributed by atoms with E-state index in [0.717, 1.165) is 32.4 Å². The van der Waals surface area contributed by atoms with Crippen molar-refractivity contribution in [3.63, 3.8) is 0 Å². The third-order valence-corrected chi connectivity index (χ3v) is 6.96. The molecular weight excluding hydrogens is 385 g/mol. The molecule has 4 rings (SSSR count). The van der Waals surface area contributed by atoms with Gasteiger partial charge in [-0.3, -0.25) is 14.5 Å². The van der Waals surface area contributed by atoms with E-state index in [1.54, 1.807) is 17.0 Å². The number of hydrogen-bond acceptors (Lipinski definition) is 4. The second kappa shape index (κ2) is 8.63. The number of likely N-dealkylation sites (N-methyl/N-ethyl adjacent to an activating group) is 1. The van der Waals surface area contributed by atoms with Gasteiger partial charge in [0.15, 0.2) is 0 Å². The van der Waals surface area contributed by atoms with Crippen LogP contribution in [0, 0.1) is 11.7 Å². The number of halogens is 1. The first-order valence-electron chi connectivity index (χ1n) is 11.1. The Kier molecular flexibility index (Phi) is 6.11. The van der Waals surface area contributed by atoms with Crippen molar-refractivity contribution in [2.24, 2.45) is 5.92 Å². The highest BCUT2D eigenvalue weighted by atomic mass is 19.1. The summed E-state index contributed by atoms with van der Waals surface area (Å²) in [6, 6.07) is 5.32. The molecule has 3 aliphatic rings. The van der Waals surface area contributed by atoms with Crippen LogP contribution in [0.3, 0.4) is 0 Å². The fourth-order valence-electron chi connectivity index (χ4n) is 5.01. The quantitative estimate of drug-likeness (QED) is 0.743. The number of carbonyl (C=O) groups excluding carboxylic acids is 2. The monoisotopic (exact) mass is 417 g/mol. The molecule has 0 aromatic heterocycles. The maximum atomic E-state index is 14.5. The van der Waals surface area contributed by atoms with Gasteiger partial charge in [-0.1, -0.05) is 19.1 Å². The zero-order valence-corrected chi connectivity index (χ0v) is 18.0. The number of benzene rings is 1. The van der Waals surface area contributed by atoms with Gasteiger partial charge in [0, 0.05) is 19.6 Å². The third-order valence-electron chi connectivity index (χ3n) is 6.96. The standard InChI is InChI=1S/C23H32FN3O3/c1-17-8-10-23(11-9-17)27(21(28)18-6-3-4-7-19(18)24)20(16-30-23)22(29)26-13-5-12-25(2)14-15-26/h3-4,6-7,17,20H,5,8-16H2,1-2H3/t17?,20-,23?/m0/s1. The van der Waals surface area contributed by atoms with E-state index < -0.39 is 23.5 Å². The van der Waals surface area contributed by atoms with E-state index in [2.05, 4.69) is 18.9 Å². The highest BCUT2D eigenvalue weighted by molar-refractivity contribution is 5.98. The number of carbonyl (C=O) groups is 2. The fraction of sp³-hybridized carbons (Fsp3) is 0.652. The van der Waals surface area contributed by atoms with E-state index in [4.69, 9.17) is 4.74 Å². The Morgan fingerprint density at radius 3 is 2.57 bits per heavy atom. The Morgan fingerprint density at radius 1 is 1.10 bits per heavy atom. The average molecular weight is 418 g/mol. The first-order chi connectivity index (χ1) is 14.4. The SMILES string of the molecule is CC1CCC2(CC1)OC[C@@H](C(=O)N1CCCN(C)CC1)N2C(=O)c1ccccc1F. The predicted octanol–water partition coefficient (Wildman–Crippen LogP) is 2.74. The largest absolute Gasteiger partial charge is 0.353 e. The summed E-state index contributed by atoms with van der Waals surface area (Å²) in [6.45, 7) is 5.44. The molecule has 2 heterocycles. The average Bonchev–Trinajstić information content (AvgIpc) is 2.96. The molecule has 3 fully saturated rings. The van der Waals surface area contributed by atoms with E-state index in [1.165, 1.54) is 12.1 Å². The van der Waals surface area contributed by atoms with E-state index in [-0.39, 0.29) is 18.1 Å². The molecule has 2 saturated heterocycles. The van der Waals surface area contributed by atoms with E-state index in [0.29, 0.717) is 31.8 Å². The van der Waals surface area contributed by atoms with Gasteiger partial charge in [-0.2, -0.15) is 0 Å². The lowest BCUT2D eigenvalue weighted by Gasteiger charge is -2.43. The summed E-state index contributed by atoms with van der Waals surface area (Å²) in [4.78, 5) is 32.7. The number of nitrogens with zero attached hydrogens (tertiary/aromatic N) is 3. The van der Waals surface area contributed by atoms with Crippen molar-refractivity contribution in [3.8, 4) is 0 Å². The summed E-state index contributed by atoms with van der Waals surface area (Å²) >= 11 is 0. The first-order valence-corrected chi connectivity index (χ1v) is 11.1. The first kappa shape index (κ1) is 21.2. The van der Waals surface area contributed by atoms with Crippen LogP contribution < -0.4 is 0 Å². The van der Waals surface area contributed by atoms with Crippen molar-refractivity contribution in [1.29, 1.82) is 0 Å². The Morgan fingerprint density at radius 2 is 1.83 bits per heavy atom. The van der Waals surface area contributed by atoms with Crippen molar-refractivity contribution in [2.45, 2.75) is 50.8 Å². The molecule has 6 nitrogen and oxygen atoms in total. The topological polar surface area (TPSA) is 53.1 Å². The molecule has 0 unspecified atom stereocenters. The Bertz CT molecular complexity index is 794. The fourth-order valence-corrected chi connectivity index (χ4v) is 5.01. The molecule has 0 bridgehead atoms. The van der Waals surface area contributed by atoms with E-state index >= 15 is 0 Å². The molecule has 2 aliphatic heterocycles. The molecule has 1 aromatic rings. The third kappa shape index (κ3) is 3.97. The highest BCUT2D eigenvalue weighted by Crippen LogP contribution is 2.43. The summed E-state index contributed by atoms with van der Waals surface area (Å²) in [5, 5.41) is 0. The zero-order chi connectivity index (χ0) is 21.3. The number of hydrogen-bond donors (Lipinski definition) is 0. The van der Waals surface area contributed by atoms with Crippen LogP contribution in [0.1, 0.15) is 49.4 Å². The molecule has 1 aromatic carbocycles. The van der Waals surface area contributed by atoms with Crippen molar-refractivity contribution in [3.05, 3.63) is 35.6 Å². The normalized spacial score (nSPS) is 30.5. The van der Waals surface area contributed by atoms with Gasteiger partial charge < -0.3 is 14.5 Å². The number of amides is 2. The highest BCUT2D eigenvalue weighted by Gasteiger charge is 2.54. The molecule has 7 heteroatoms. The van der Waals surface area contributed by atoms with Gasteiger partial charge in [0.05, 0.1) is 12.2 Å². The van der Waals surface area contributed by atoms with Crippen LogP contribution >= 0.6 is 0 Å². The van der Waals surface area contributed by atoms with Crippen molar-refractivity contribution >= 4 is 11.8 Å². The van der Waals surface area contributed by atoms with Gasteiger partial charge in [0.1, 0.15) is 17.6 Å². The predicted molar refractivity (Wildman–Crippen MR) is 111 cm³/mol. The van der Waals surface area contributed by atoms with Crippen molar-refractivity contribution < 1.29 is 18.7 Å². The van der Waals surface area contributed by atoms with Gasteiger partial charge >= 0.3 is 0 Å². The maximum Gasteiger partial charge on any atom is 0.259 e. The molecule has 0 radical (unpaired) electrons. The van der Waals surface area contributed by atoms with Crippen LogP contribution in [0.25, 0.3) is 0 Å². The molecule has 1 aliphatic carbocycles. The Hall–Kier alpha value is -1.99. The smallest absolute Gasteiger partial charge is 0.259 e. The van der Waals surface area contributed by atoms with Crippen LogP contribution in [0.15, 0.2) is 24.3 Å². The minimum absolute atomic E-state index is 0.00870. The second-order valence-corrected chi connectivity index (χ2v) is 9.09. The molecular formula is C23H32FN3O3. The summed E-state index contributed by atoms with van der Waals surface area (Å²) in [6.07, 6.45) is 4.12. The molecule has 1 spiro atoms. The molecule has 164 valence electrons. The summed E-state index contributed by atoms with van der Waals surface area (Å²) < 4.78 is 20.7. The van der Waals surface area contributed by atoms with Crippen LogP contribution in [-0.4, -0.2) is 78.1 Å². The lowest BCUT2D eigenvalue weighted by atomic mass is 9.83. The minimum Gasteiger partial charge on any atom is -0.353 e. The van der Waals surface area contributed by atoms with Gasteiger partial charge in [0.2, 0.25) is 5.91 Å². The lowest BCUT2D eigenvalue weighted by molar-refractivity contribution is -0.137. The summed E-state index contributed by atoms with van der Waals surface area (Å²) in [5.74, 6) is -0.521. The lowest BCUT2D eigenvalue weighted by Crippen LogP contribution is -2.57. The maximum absolute atomic E-state index is 14.5. The van der Waals surface area contributed by atoms with Gasteiger partial charge in [-0.25, -0.2) is 4.39 Å². The van der Waals surface area contributed by atoms with Crippen LogP contribution in [0.2, 0.25) is 0 Å². The van der Waals surface area contributed by atoms with Crippen LogP contribution in [0.5, 0.6) is 0 Å². The molecule has 30 heavy (non-hydrogen) atoms. The van der Waals surface area contributed by atoms with Crippen LogP contribution in [-0.2, 0) is 9.53 Å². The number of ether oxygens (including phenoxy) is 1. The van der Waals surface area contributed by atoms with Crippen LogP contribution in [0.4, 0.5) is 4.39 Å². The molecule has 0 N–H and O–H groups in total. The van der Waals surface area contributed by atoms with Gasteiger partial charge in [-0.05, 0) is 63.7 Å². The van der Waals surface area contributed by atoms with Crippen molar-refractivity contribution in [1.82, 2.24) is 14.7 Å². The van der Waals surface area contributed by atoms with Crippen molar-refractivity contribution in [2.75, 3.05) is 39.8 Å².